The van der Waals surface area contributed by atoms with Gasteiger partial charge in [-0.1, -0.05) is 12.5 Å². The van der Waals surface area contributed by atoms with Crippen LogP contribution in [0.3, 0.4) is 0 Å². The zero-order valence-corrected chi connectivity index (χ0v) is 12.7. The molecular formula is C14H20N2S2. The Morgan fingerprint density at radius 1 is 1.28 bits per heavy atom. The molecule has 0 aliphatic carbocycles. The molecule has 0 atom stereocenters. The summed E-state index contributed by atoms with van der Waals surface area (Å²) in [6.07, 6.45) is 5.95. The predicted molar refractivity (Wildman–Crippen MR) is 84.1 cm³/mol. The number of rotatable bonds is 6. The van der Waals surface area contributed by atoms with Gasteiger partial charge in [-0.15, -0.1) is 0 Å². The van der Waals surface area contributed by atoms with Crippen LogP contribution in [0.15, 0.2) is 18.2 Å². The topological polar surface area (TPSA) is 20.7 Å². The fraction of sp³-hybridized carbons (Fsp3) is 0.500. The van der Waals surface area contributed by atoms with Crippen LogP contribution in [0.25, 0.3) is 11.0 Å². The molecule has 2 nitrogen and oxygen atoms in total. The molecule has 0 aliphatic heterocycles. The maximum atomic E-state index is 5.40. The van der Waals surface area contributed by atoms with E-state index in [0.717, 1.165) is 16.8 Å². The van der Waals surface area contributed by atoms with Gasteiger partial charge in [-0.3, -0.25) is 0 Å². The van der Waals surface area contributed by atoms with Crippen molar-refractivity contribution in [2.45, 2.75) is 32.7 Å². The summed E-state index contributed by atoms with van der Waals surface area (Å²) < 4.78 is 3.07. The highest BCUT2D eigenvalue weighted by Crippen LogP contribution is 2.17. The summed E-state index contributed by atoms with van der Waals surface area (Å²) in [7, 11) is 0. The molecule has 0 radical (unpaired) electrons. The van der Waals surface area contributed by atoms with Crippen molar-refractivity contribution in [2.24, 2.45) is 0 Å². The number of aryl methyl sites for hydroxylation is 2. The Labute approximate surface area is 118 Å². The van der Waals surface area contributed by atoms with E-state index in [1.807, 2.05) is 11.8 Å². The molecule has 1 heterocycles. The standard InChI is InChI=1S/C14H20N2S2/c1-11-6-7-13-12(10-11)15-14(17)16(13)8-4-3-5-9-18-2/h6-7,10H,3-5,8-9H2,1-2H3,(H,15,17). The zero-order valence-electron chi connectivity index (χ0n) is 11.0. The van der Waals surface area contributed by atoms with E-state index < -0.39 is 0 Å². The molecule has 0 unspecified atom stereocenters. The monoisotopic (exact) mass is 280 g/mol. The summed E-state index contributed by atoms with van der Waals surface area (Å²) in [5.41, 5.74) is 3.66. The number of aromatic nitrogens is 2. The van der Waals surface area contributed by atoms with Crippen molar-refractivity contribution < 1.29 is 0 Å². The van der Waals surface area contributed by atoms with Gasteiger partial charge in [0, 0.05) is 6.54 Å². The average molecular weight is 280 g/mol. The van der Waals surface area contributed by atoms with Gasteiger partial charge in [0.15, 0.2) is 4.77 Å². The molecule has 2 aromatic rings. The molecule has 0 aliphatic rings. The normalized spacial score (nSPS) is 11.2. The largest absolute Gasteiger partial charge is 0.331 e. The quantitative estimate of drug-likeness (QED) is 0.619. The fourth-order valence-electron chi connectivity index (χ4n) is 2.19. The minimum Gasteiger partial charge on any atom is -0.331 e. The number of H-pyrrole nitrogens is 1. The first-order valence-corrected chi connectivity index (χ1v) is 8.20. The van der Waals surface area contributed by atoms with Gasteiger partial charge in [0.25, 0.3) is 0 Å². The van der Waals surface area contributed by atoms with E-state index in [9.17, 15) is 0 Å². The van der Waals surface area contributed by atoms with Gasteiger partial charge < -0.3 is 9.55 Å². The van der Waals surface area contributed by atoms with E-state index in [0.29, 0.717) is 0 Å². The summed E-state index contributed by atoms with van der Waals surface area (Å²) in [4.78, 5) is 3.29. The lowest BCUT2D eigenvalue weighted by molar-refractivity contribution is 0.611. The first-order valence-electron chi connectivity index (χ1n) is 6.40. The van der Waals surface area contributed by atoms with Crippen LogP contribution in [-0.2, 0) is 6.54 Å². The van der Waals surface area contributed by atoms with E-state index in [1.54, 1.807) is 0 Å². The van der Waals surface area contributed by atoms with Gasteiger partial charge in [-0.25, -0.2) is 0 Å². The van der Waals surface area contributed by atoms with E-state index in [-0.39, 0.29) is 0 Å². The number of hydrogen-bond donors (Lipinski definition) is 1. The Morgan fingerprint density at radius 2 is 2.11 bits per heavy atom. The van der Waals surface area contributed by atoms with Gasteiger partial charge in [0.05, 0.1) is 11.0 Å². The lowest BCUT2D eigenvalue weighted by Crippen LogP contribution is -1.98. The molecule has 4 heteroatoms. The van der Waals surface area contributed by atoms with Gasteiger partial charge in [0.2, 0.25) is 0 Å². The number of nitrogens with one attached hydrogen (secondary N) is 1. The third-order valence-electron chi connectivity index (χ3n) is 3.16. The maximum Gasteiger partial charge on any atom is 0.178 e. The van der Waals surface area contributed by atoms with Crippen LogP contribution in [0.4, 0.5) is 0 Å². The lowest BCUT2D eigenvalue weighted by atomic mass is 10.2. The molecule has 1 aromatic heterocycles. The van der Waals surface area contributed by atoms with E-state index in [2.05, 4.69) is 40.9 Å². The molecule has 0 saturated heterocycles. The van der Waals surface area contributed by atoms with Crippen LogP contribution >= 0.6 is 24.0 Å². The van der Waals surface area contributed by atoms with Gasteiger partial charge in [-0.2, -0.15) is 11.8 Å². The summed E-state index contributed by atoms with van der Waals surface area (Å²) in [6, 6.07) is 6.48. The van der Waals surface area contributed by atoms with Crippen molar-refractivity contribution in [3.8, 4) is 0 Å². The van der Waals surface area contributed by atoms with Crippen LogP contribution < -0.4 is 0 Å². The predicted octanol–water partition coefficient (Wildman–Crippen LogP) is 4.54. The molecule has 98 valence electrons. The minimum atomic E-state index is 0.848. The molecular weight excluding hydrogens is 260 g/mol. The van der Waals surface area contributed by atoms with Crippen molar-refractivity contribution >= 4 is 35.0 Å². The Hall–Kier alpha value is -0.740. The van der Waals surface area contributed by atoms with Crippen molar-refractivity contribution in [1.29, 1.82) is 0 Å². The number of aromatic amines is 1. The second kappa shape index (κ2) is 6.43. The Bertz CT molecular complexity index is 569. The highest BCUT2D eigenvalue weighted by atomic mass is 32.2. The second-order valence-electron chi connectivity index (χ2n) is 4.66. The van der Waals surface area contributed by atoms with Crippen LogP contribution in [-0.4, -0.2) is 21.6 Å². The molecule has 0 fully saturated rings. The number of imidazole rings is 1. The first-order chi connectivity index (χ1) is 8.72. The Balaban J connectivity index is 2.08. The smallest absolute Gasteiger partial charge is 0.178 e. The van der Waals surface area contributed by atoms with E-state index in [4.69, 9.17) is 12.2 Å². The zero-order chi connectivity index (χ0) is 13.0. The molecule has 2 rings (SSSR count). The summed E-state index contributed by atoms with van der Waals surface area (Å²) in [5.74, 6) is 1.26. The molecule has 18 heavy (non-hydrogen) atoms. The molecule has 0 spiro atoms. The summed E-state index contributed by atoms with van der Waals surface area (Å²) in [6.45, 7) is 3.13. The van der Waals surface area contributed by atoms with Crippen molar-refractivity contribution in [3.05, 3.63) is 28.5 Å². The number of fused-ring (bicyclic) bond motifs is 1. The Kier molecular flexibility index (Phi) is 4.89. The number of nitrogens with zero attached hydrogens (tertiary/aromatic N) is 1. The first kappa shape index (κ1) is 13.7. The number of benzene rings is 1. The third kappa shape index (κ3) is 3.18. The van der Waals surface area contributed by atoms with E-state index in [1.165, 1.54) is 36.1 Å². The third-order valence-corrected chi connectivity index (χ3v) is 4.18. The lowest BCUT2D eigenvalue weighted by Gasteiger charge is -2.04. The number of unbranched alkanes of at least 4 members (excludes halogenated alkanes) is 2. The van der Waals surface area contributed by atoms with Crippen LogP contribution in [0.1, 0.15) is 24.8 Å². The van der Waals surface area contributed by atoms with E-state index >= 15 is 0 Å². The Morgan fingerprint density at radius 3 is 2.89 bits per heavy atom. The number of thioether (sulfide) groups is 1. The van der Waals surface area contributed by atoms with Crippen LogP contribution in [0.2, 0.25) is 0 Å². The van der Waals surface area contributed by atoms with Gasteiger partial charge >= 0.3 is 0 Å². The van der Waals surface area contributed by atoms with Crippen LogP contribution in [0.5, 0.6) is 0 Å². The van der Waals surface area contributed by atoms with Gasteiger partial charge in [0.1, 0.15) is 0 Å². The molecule has 0 amide bonds. The van der Waals surface area contributed by atoms with Crippen molar-refractivity contribution in [3.63, 3.8) is 0 Å². The molecule has 1 N–H and O–H groups in total. The number of hydrogen-bond acceptors (Lipinski definition) is 2. The van der Waals surface area contributed by atoms with Crippen LogP contribution in [0, 0.1) is 11.7 Å². The molecule has 1 aromatic carbocycles. The van der Waals surface area contributed by atoms with Crippen molar-refractivity contribution in [2.75, 3.05) is 12.0 Å². The minimum absolute atomic E-state index is 0.848. The SMILES string of the molecule is CSCCCCCn1c(=S)[nH]c2cc(C)ccc21. The summed E-state index contributed by atoms with van der Waals surface area (Å²) in [5, 5.41) is 0. The highest BCUT2D eigenvalue weighted by Gasteiger charge is 2.03. The summed E-state index contributed by atoms with van der Waals surface area (Å²) >= 11 is 7.32. The maximum absolute atomic E-state index is 5.40. The van der Waals surface area contributed by atoms with Gasteiger partial charge in [-0.05, 0) is 61.7 Å². The molecule has 0 bridgehead atoms. The second-order valence-corrected chi connectivity index (χ2v) is 6.03. The fourth-order valence-corrected chi connectivity index (χ4v) is 2.98. The molecule has 0 saturated carbocycles. The average Bonchev–Trinajstić information content (AvgIpc) is 2.64. The van der Waals surface area contributed by atoms with Crippen molar-refractivity contribution in [1.82, 2.24) is 9.55 Å². The highest BCUT2D eigenvalue weighted by molar-refractivity contribution is 7.98.